The molecule has 2 aromatic heterocycles. The zero-order valence-corrected chi connectivity index (χ0v) is 18.0. The second-order valence-corrected chi connectivity index (χ2v) is 9.60. The van der Waals surface area contributed by atoms with Crippen LogP contribution in [0.15, 0.2) is 52.2 Å². The average Bonchev–Trinajstić information content (AvgIpc) is 3.43. The van der Waals surface area contributed by atoms with Gasteiger partial charge in [0.05, 0.1) is 27.4 Å². The zero-order valence-electron chi connectivity index (χ0n) is 16.4. The lowest BCUT2D eigenvalue weighted by Crippen LogP contribution is -2.42. The molecule has 7 nitrogen and oxygen atoms in total. The summed E-state index contributed by atoms with van der Waals surface area (Å²) in [6.45, 7) is 0.955. The molecule has 1 aromatic carbocycles. The van der Waals surface area contributed by atoms with Crippen LogP contribution in [0, 0.1) is 0 Å². The van der Waals surface area contributed by atoms with E-state index in [2.05, 4.69) is 4.57 Å². The van der Waals surface area contributed by atoms with Crippen LogP contribution in [-0.2, 0) is 16.6 Å². The van der Waals surface area contributed by atoms with Gasteiger partial charge in [-0.1, -0.05) is 6.07 Å². The second-order valence-electron chi connectivity index (χ2n) is 6.54. The molecule has 3 heterocycles. The number of methoxy groups -OCH3 is 3. The molecular formula is C20H22N2O5S2. The summed E-state index contributed by atoms with van der Waals surface area (Å²) in [5, 5.41) is 1.77. The third-order valence-electron chi connectivity index (χ3n) is 5.05. The molecule has 1 aliphatic heterocycles. The predicted molar refractivity (Wildman–Crippen MR) is 111 cm³/mol. The van der Waals surface area contributed by atoms with Crippen LogP contribution in [0.3, 0.4) is 0 Å². The quantitative estimate of drug-likeness (QED) is 0.595. The topological polar surface area (TPSA) is 70.0 Å². The average molecular weight is 435 g/mol. The maximum absolute atomic E-state index is 13.4. The van der Waals surface area contributed by atoms with Crippen molar-refractivity contribution in [3.05, 3.63) is 59.2 Å². The zero-order chi connectivity index (χ0) is 20.6. The third-order valence-corrected chi connectivity index (χ3v) is 8.29. The first-order chi connectivity index (χ1) is 14.0. The van der Waals surface area contributed by atoms with Gasteiger partial charge in [-0.05, 0) is 41.3 Å². The minimum atomic E-state index is -3.67. The molecular weight excluding hydrogens is 412 g/mol. The highest BCUT2D eigenvalue weighted by Gasteiger charge is 2.38. The minimum absolute atomic E-state index is 0.329. The highest BCUT2D eigenvalue weighted by molar-refractivity contribution is 7.91. The van der Waals surface area contributed by atoms with Gasteiger partial charge in [0.25, 0.3) is 10.0 Å². The van der Waals surface area contributed by atoms with Crippen molar-refractivity contribution >= 4 is 21.4 Å². The smallest absolute Gasteiger partial charge is 0.253 e. The Morgan fingerprint density at radius 3 is 2.31 bits per heavy atom. The van der Waals surface area contributed by atoms with E-state index in [-0.39, 0.29) is 0 Å². The molecule has 0 saturated carbocycles. The summed E-state index contributed by atoms with van der Waals surface area (Å²) in [5.41, 5.74) is 1.64. The van der Waals surface area contributed by atoms with Crippen molar-refractivity contribution in [2.24, 2.45) is 0 Å². The lowest BCUT2D eigenvalue weighted by Gasteiger charge is -2.36. The third kappa shape index (κ3) is 3.29. The number of rotatable bonds is 6. The minimum Gasteiger partial charge on any atom is -0.493 e. The fourth-order valence-electron chi connectivity index (χ4n) is 3.74. The van der Waals surface area contributed by atoms with E-state index in [4.69, 9.17) is 14.2 Å². The summed E-state index contributed by atoms with van der Waals surface area (Å²) in [4.78, 5) is 0. The Hall–Kier alpha value is -2.49. The van der Waals surface area contributed by atoms with Gasteiger partial charge in [-0.2, -0.15) is 4.31 Å². The first kappa shape index (κ1) is 19.8. The van der Waals surface area contributed by atoms with E-state index in [0.717, 1.165) is 11.3 Å². The molecule has 1 aliphatic rings. The Bertz CT molecular complexity index is 1080. The molecule has 0 fully saturated rings. The fraction of sp³-hybridized carbons (Fsp3) is 0.300. The Kier molecular flexibility index (Phi) is 5.28. The highest BCUT2D eigenvalue weighted by Crippen LogP contribution is 2.44. The summed E-state index contributed by atoms with van der Waals surface area (Å²) >= 11 is 1.22. The van der Waals surface area contributed by atoms with Gasteiger partial charge in [0.1, 0.15) is 4.21 Å². The maximum Gasteiger partial charge on any atom is 0.253 e. The summed E-state index contributed by atoms with van der Waals surface area (Å²) in [6.07, 6.45) is 1.97. The number of ether oxygens (including phenoxy) is 3. The number of benzene rings is 1. The van der Waals surface area contributed by atoms with E-state index < -0.39 is 16.1 Å². The molecule has 9 heteroatoms. The molecule has 154 valence electrons. The summed E-state index contributed by atoms with van der Waals surface area (Å²) < 4.78 is 47.2. The number of fused-ring (bicyclic) bond motifs is 1. The van der Waals surface area contributed by atoms with Gasteiger partial charge < -0.3 is 18.8 Å². The number of hydrogen-bond acceptors (Lipinski definition) is 6. The monoisotopic (exact) mass is 434 g/mol. The Morgan fingerprint density at radius 2 is 1.72 bits per heavy atom. The number of aromatic nitrogens is 1. The van der Waals surface area contributed by atoms with Crippen molar-refractivity contribution in [2.75, 3.05) is 27.9 Å². The second kappa shape index (κ2) is 7.74. The summed E-state index contributed by atoms with van der Waals surface area (Å²) in [5.74, 6) is 1.44. The standard InChI is InChI=1S/C20H22N2O5S2/c1-25-16-12-14(13-17(26-2)20(16)27-3)19-15-6-4-8-21(15)9-10-22(19)29(23,24)18-7-5-11-28-18/h4-8,11-13,19H,9-10H2,1-3H3/t19-/m0/s1. The van der Waals surface area contributed by atoms with E-state index in [1.807, 2.05) is 30.5 Å². The molecule has 0 N–H and O–H groups in total. The molecule has 4 rings (SSSR count). The Balaban J connectivity index is 1.91. The normalized spacial score (nSPS) is 17.0. The van der Waals surface area contributed by atoms with Crippen molar-refractivity contribution < 1.29 is 22.6 Å². The molecule has 0 saturated heterocycles. The van der Waals surface area contributed by atoms with Crippen LogP contribution in [0.1, 0.15) is 17.3 Å². The summed E-state index contributed by atoms with van der Waals surface area (Å²) in [7, 11) is 0.968. The van der Waals surface area contributed by atoms with Crippen molar-refractivity contribution in [1.29, 1.82) is 0 Å². The Morgan fingerprint density at radius 1 is 1.00 bits per heavy atom. The van der Waals surface area contributed by atoms with Gasteiger partial charge >= 0.3 is 0 Å². The molecule has 29 heavy (non-hydrogen) atoms. The lowest BCUT2D eigenvalue weighted by atomic mass is 10.0. The van der Waals surface area contributed by atoms with E-state index in [9.17, 15) is 8.42 Å². The largest absolute Gasteiger partial charge is 0.493 e. The number of thiophene rings is 1. The number of hydrogen-bond donors (Lipinski definition) is 0. The van der Waals surface area contributed by atoms with Crippen LogP contribution in [-0.4, -0.2) is 45.2 Å². The first-order valence-electron chi connectivity index (χ1n) is 9.01. The Labute approximate surface area is 174 Å². The molecule has 0 spiro atoms. The van der Waals surface area contributed by atoms with Crippen LogP contribution < -0.4 is 14.2 Å². The van der Waals surface area contributed by atoms with Crippen LogP contribution in [0.2, 0.25) is 0 Å². The van der Waals surface area contributed by atoms with Crippen molar-refractivity contribution in [2.45, 2.75) is 16.8 Å². The molecule has 1 atom stereocenters. The van der Waals surface area contributed by atoms with Gasteiger partial charge in [-0.3, -0.25) is 0 Å². The fourth-order valence-corrected chi connectivity index (χ4v) is 6.44. The number of nitrogens with zero attached hydrogens (tertiary/aromatic N) is 2. The van der Waals surface area contributed by atoms with E-state index in [0.29, 0.717) is 34.5 Å². The molecule has 3 aromatic rings. The van der Waals surface area contributed by atoms with Gasteiger partial charge in [-0.15, -0.1) is 11.3 Å². The molecule has 0 aliphatic carbocycles. The highest BCUT2D eigenvalue weighted by atomic mass is 32.2. The molecule has 0 radical (unpaired) electrons. The van der Waals surface area contributed by atoms with Gasteiger partial charge in [0.15, 0.2) is 11.5 Å². The van der Waals surface area contributed by atoms with Crippen molar-refractivity contribution in [1.82, 2.24) is 8.87 Å². The maximum atomic E-state index is 13.4. The van der Waals surface area contributed by atoms with Crippen LogP contribution in [0.5, 0.6) is 17.2 Å². The van der Waals surface area contributed by atoms with Gasteiger partial charge in [-0.25, -0.2) is 8.42 Å². The van der Waals surface area contributed by atoms with Crippen molar-refractivity contribution in [3.63, 3.8) is 0 Å². The molecule has 0 amide bonds. The lowest BCUT2D eigenvalue weighted by molar-refractivity contribution is 0.293. The van der Waals surface area contributed by atoms with E-state index in [1.165, 1.54) is 11.3 Å². The number of sulfonamides is 1. The van der Waals surface area contributed by atoms with E-state index in [1.54, 1.807) is 43.1 Å². The van der Waals surface area contributed by atoms with Gasteiger partial charge in [0, 0.05) is 25.0 Å². The molecule has 0 unspecified atom stereocenters. The van der Waals surface area contributed by atoms with Gasteiger partial charge in [0.2, 0.25) is 5.75 Å². The van der Waals surface area contributed by atoms with Crippen molar-refractivity contribution in [3.8, 4) is 17.2 Å². The van der Waals surface area contributed by atoms with Crippen LogP contribution in [0.25, 0.3) is 0 Å². The van der Waals surface area contributed by atoms with Crippen LogP contribution in [0.4, 0.5) is 0 Å². The molecule has 0 bridgehead atoms. The van der Waals surface area contributed by atoms with E-state index >= 15 is 0 Å². The van der Waals surface area contributed by atoms with Crippen LogP contribution >= 0.6 is 11.3 Å². The summed E-state index contributed by atoms with van der Waals surface area (Å²) in [6, 6.07) is 10.4. The predicted octanol–water partition coefficient (Wildman–Crippen LogP) is 3.37. The first-order valence-corrected chi connectivity index (χ1v) is 11.3. The SMILES string of the molecule is COc1cc([C@H]2c3cccn3CCN2S(=O)(=O)c2cccs2)cc(OC)c1OC.